The third-order valence-electron chi connectivity index (χ3n) is 2.57. The van der Waals surface area contributed by atoms with Crippen LogP contribution in [0.25, 0.3) is 0 Å². The molecule has 1 amide bonds. The SMILES string of the molecule is CC(O)NCC(=O)Nc1c(I)c(C(=O)O)c(I)c(C(=O)O)c1I. The van der Waals surface area contributed by atoms with Gasteiger partial charge in [0.25, 0.3) is 0 Å². The smallest absolute Gasteiger partial charge is 0.337 e. The standard InChI is InChI=1S/C12H11I3N2O6/c1-3(18)16-2-4(19)17-10-8(14)5(11(20)21)7(13)6(9(10)15)12(22)23/h3,16,18H,2H2,1H3,(H,17,19)(H,20,21)(H,22,23). The molecule has 126 valence electrons. The summed E-state index contributed by atoms with van der Waals surface area (Å²) in [6.07, 6.45) is -0.889. The van der Waals surface area contributed by atoms with Crippen LogP contribution in [0.1, 0.15) is 27.6 Å². The van der Waals surface area contributed by atoms with Gasteiger partial charge in [0.1, 0.15) is 6.23 Å². The van der Waals surface area contributed by atoms with Crippen molar-refractivity contribution in [2.75, 3.05) is 11.9 Å². The largest absolute Gasteiger partial charge is 0.478 e. The van der Waals surface area contributed by atoms with Crippen molar-refractivity contribution < 1.29 is 29.7 Å². The monoisotopic (exact) mass is 660 g/mol. The number of aliphatic hydroxyl groups is 1. The maximum absolute atomic E-state index is 11.9. The first kappa shape index (κ1) is 20.8. The molecular formula is C12H11I3N2O6. The van der Waals surface area contributed by atoms with E-state index in [-0.39, 0.29) is 34.1 Å². The number of carbonyl (C=O) groups is 3. The second kappa shape index (κ2) is 8.72. The van der Waals surface area contributed by atoms with Crippen LogP contribution in [0.5, 0.6) is 0 Å². The Bertz CT molecular complexity index is 636. The van der Waals surface area contributed by atoms with E-state index in [1.54, 1.807) is 67.8 Å². The van der Waals surface area contributed by atoms with E-state index in [1.165, 1.54) is 6.92 Å². The van der Waals surface area contributed by atoms with Gasteiger partial charge in [-0.25, -0.2) is 9.59 Å². The van der Waals surface area contributed by atoms with Crippen molar-refractivity contribution in [1.29, 1.82) is 0 Å². The fraction of sp³-hybridized carbons (Fsp3) is 0.250. The number of amides is 1. The highest BCUT2D eigenvalue weighted by molar-refractivity contribution is 14.1. The first-order chi connectivity index (χ1) is 10.6. The molecule has 8 nitrogen and oxygen atoms in total. The molecule has 1 aromatic rings. The van der Waals surface area contributed by atoms with E-state index in [0.29, 0.717) is 0 Å². The average molecular weight is 660 g/mol. The molecule has 0 saturated heterocycles. The highest BCUT2D eigenvalue weighted by Gasteiger charge is 2.28. The number of aromatic carboxylic acids is 2. The Hall–Kier alpha value is -0.260. The summed E-state index contributed by atoms with van der Waals surface area (Å²) in [5.74, 6) is -3.10. The molecule has 0 radical (unpaired) electrons. The fourth-order valence-corrected chi connectivity index (χ4v) is 5.93. The predicted molar refractivity (Wildman–Crippen MR) is 107 cm³/mol. The highest BCUT2D eigenvalue weighted by atomic mass is 127. The quantitative estimate of drug-likeness (QED) is 0.232. The molecule has 5 N–H and O–H groups in total. The molecule has 1 aromatic carbocycles. The number of hydrogen-bond donors (Lipinski definition) is 5. The number of benzene rings is 1. The molecule has 0 aliphatic heterocycles. The van der Waals surface area contributed by atoms with Crippen molar-refractivity contribution in [2.24, 2.45) is 0 Å². The number of nitrogens with one attached hydrogen (secondary N) is 2. The molecule has 1 unspecified atom stereocenters. The van der Waals surface area contributed by atoms with Gasteiger partial charge in [-0.2, -0.15) is 0 Å². The lowest BCUT2D eigenvalue weighted by molar-refractivity contribution is -0.116. The van der Waals surface area contributed by atoms with E-state index >= 15 is 0 Å². The van der Waals surface area contributed by atoms with E-state index < -0.39 is 24.1 Å². The number of halogens is 3. The van der Waals surface area contributed by atoms with Crippen LogP contribution in [0.4, 0.5) is 5.69 Å². The minimum Gasteiger partial charge on any atom is -0.478 e. The van der Waals surface area contributed by atoms with E-state index in [2.05, 4.69) is 10.6 Å². The zero-order chi connectivity index (χ0) is 17.9. The van der Waals surface area contributed by atoms with Gasteiger partial charge in [0.2, 0.25) is 5.91 Å². The van der Waals surface area contributed by atoms with E-state index in [4.69, 9.17) is 5.11 Å². The van der Waals surface area contributed by atoms with Crippen molar-refractivity contribution in [2.45, 2.75) is 13.2 Å². The van der Waals surface area contributed by atoms with Crippen LogP contribution in [0.3, 0.4) is 0 Å². The molecular weight excluding hydrogens is 649 g/mol. The van der Waals surface area contributed by atoms with Crippen molar-refractivity contribution >= 4 is 91.3 Å². The number of carboxylic acid groups (broad SMARTS) is 2. The van der Waals surface area contributed by atoms with Crippen LogP contribution >= 0.6 is 67.8 Å². The number of hydrogen-bond acceptors (Lipinski definition) is 5. The van der Waals surface area contributed by atoms with Gasteiger partial charge < -0.3 is 20.6 Å². The van der Waals surface area contributed by atoms with Crippen LogP contribution in [0.15, 0.2) is 0 Å². The molecule has 0 spiro atoms. The lowest BCUT2D eigenvalue weighted by Gasteiger charge is -2.16. The van der Waals surface area contributed by atoms with Gasteiger partial charge in [-0.3, -0.25) is 10.1 Å². The zero-order valence-electron chi connectivity index (χ0n) is 11.5. The molecule has 1 rings (SSSR count). The average Bonchev–Trinajstić information content (AvgIpc) is 2.40. The Balaban J connectivity index is 3.39. The summed E-state index contributed by atoms with van der Waals surface area (Å²) < 4.78 is 0.565. The van der Waals surface area contributed by atoms with Gasteiger partial charge in [0.15, 0.2) is 0 Å². The summed E-state index contributed by atoms with van der Waals surface area (Å²) in [6, 6.07) is 0. The molecule has 0 fully saturated rings. The second-order valence-corrected chi connectivity index (χ2v) is 7.52. The normalized spacial score (nSPS) is 11.9. The van der Waals surface area contributed by atoms with Crippen molar-refractivity contribution in [3.63, 3.8) is 0 Å². The summed E-state index contributed by atoms with van der Waals surface area (Å²) in [5, 5.41) is 32.7. The van der Waals surface area contributed by atoms with Crippen LogP contribution < -0.4 is 10.6 Å². The third-order valence-corrected chi connectivity index (χ3v) is 5.80. The summed E-state index contributed by atoms with van der Waals surface area (Å²) in [7, 11) is 0. The third kappa shape index (κ3) is 5.10. The second-order valence-electron chi connectivity index (χ2n) is 4.28. The van der Waals surface area contributed by atoms with Gasteiger partial charge in [0.05, 0.1) is 30.5 Å². The van der Waals surface area contributed by atoms with Crippen LogP contribution in [0, 0.1) is 10.7 Å². The number of aliphatic hydroxyl groups excluding tert-OH is 1. The minimum atomic E-state index is -1.28. The van der Waals surface area contributed by atoms with E-state index in [1.807, 2.05) is 0 Å². The minimum absolute atomic E-state index is 0.0940. The predicted octanol–water partition coefficient (Wildman–Crippen LogP) is 1.76. The molecule has 0 saturated carbocycles. The summed E-state index contributed by atoms with van der Waals surface area (Å²) in [6.45, 7) is 1.23. The van der Waals surface area contributed by atoms with Crippen LogP contribution in [-0.4, -0.2) is 45.9 Å². The van der Waals surface area contributed by atoms with Gasteiger partial charge in [-0.05, 0) is 74.7 Å². The molecule has 0 aromatic heterocycles. The number of rotatable bonds is 6. The number of carboxylic acids is 2. The topological polar surface area (TPSA) is 136 Å². The van der Waals surface area contributed by atoms with Crippen molar-refractivity contribution in [3.05, 3.63) is 21.8 Å². The Morgan fingerprint density at radius 3 is 1.78 bits per heavy atom. The Kier molecular flexibility index (Phi) is 7.88. The molecule has 11 heteroatoms. The van der Waals surface area contributed by atoms with Crippen LogP contribution in [-0.2, 0) is 4.79 Å². The Labute approximate surface area is 171 Å². The van der Waals surface area contributed by atoms with Gasteiger partial charge in [-0.15, -0.1) is 0 Å². The van der Waals surface area contributed by atoms with Gasteiger partial charge in [0, 0.05) is 3.57 Å². The summed E-state index contributed by atoms with van der Waals surface area (Å²) >= 11 is 5.18. The Morgan fingerprint density at radius 2 is 1.43 bits per heavy atom. The molecule has 0 bridgehead atoms. The number of anilines is 1. The number of carbonyl (C=O) groups excluding carboxylic acids is 1. The lowest BCUT2D eigenvalue weighted by atomic mass is 10.1. The first-order valence-corrected chi connectivity index (χ1v) is 9.19. The van der Waals surface area contributed by atoms with E-state index in [0.717, 1.165) is 0 Å². The molecule has 0 heterocycles. The molecule has 1 atom stereocenters. The fourth-order valence-electron chi connectivity index (χ4n) is 1.57. The molecule has 0 aliphatic carbocycles. The van der Waals surface area contributed by atoms with Crippen molar-refractivity contribution in [1.82, 2.24) is 5.32 Å². The van der Waals surface area contributed by atoms with Gasteiger partial charge in [-0.1, -0.05) is 0 Å². The maximum atomic E-state index is 11.9. The first-order valence-electron chi connectivity index (χ1n) is 5.96. The van der Waals surface area contributed by atoms with Crippen LogP contribution in [0.2, 0.25) is 0 Å². The van der Waals surface area contributed by atoms with Crippen molar-refractivity contribution in [3.8, 4) is 0 Å². The summed E-state index contributed by atoms with van der Waals surface area (Å²) in [5.41, 5.74) is -0.232. The molecule has 23 heavy (non-hydrogen) atoms. The highest BCUT2D eigenvalue weighted by Crippen LogP contribution is 2.35. The zero-order valence-corrected chi connectivity index (χ0v) is 18.0. The molecule has 0 aliphatic rings. The maximum Gasteiger partial charge on any atom is 0.337 e. The Morgan fingerprint density at radius 1 is 1.00 bits per heavy atom. The lowest BCUT2D eigenvalue weighted by Crippen LogP contribution is -2.34. The van der Waals surface area contributed by atoms with E-state index in [9.17, 15) is 24.6 Å². The summed E-state index contributed by atoms with van der Waals surface area (Å²) in [4.78, 5) is 34.7. The van der Waals surface area contributed by atoms with Gasteiger partial charge >= 0.3 is 11.9 Å².